The fourth-order valence-electron chi connectivity index (χ4n) is 2.43. The average molecular weight is 320 g/mol. The molecule has 0 unspecified atom stereocenters. The molecule has 124 valence electrons. The Kier molecular flexibility index (Phi) is 4.83. The van der Waals surface area contributed by atoms with E-state index in [9.17, 15) is 14.4 Å². The Morgan fingerprint density at radius 1 is 1.43 bits per heavy atom. The Balaban J connectivity index is 2.30. The number of fused-ring (bicyclic) bond motifs is 1. The van der Waals surface area contributed by atoms with E-state index in [1.165, 1.54) is 9.42 Å². The summed E-state index contributed by atoms with van der Waals surface area (Å²) in [5, 5.41) is 11.7. The van der Waals surface area contributed by atoms with Crippen LogP contribution in [0, 0.1) is 12.8 Å². The van der Waals surface area contributed by atoms with Crippen LogP contribution in [0.1, 0.15) is 25.1 Å². The number of carboxylic acids is 1. The lowest BCUT2D eigenvalue weighted by Gasteiger charge is -2.22. The zero-order valence-electron chi connectivity index (χ0n) is 13.4. The Morgan fingerprint density at radius 3 is 2.74 bits per heavy atom. The molecule has 0 saturated carbocycles. The number of aromatic nitrogens is 3. The van der Waals surface area contributed by atoms with Gasteiger partial charge in [-0.25, -0.2) is 9.50 Å². The molecule has 0 spiro atoms. The highest BCUT2D eigenvalue weighted by Crippen LogP contribution is 2.07. The normalized spacial score (nSPS) is 11.1. The molecule has 0 aromatic carbocycles. The van der Waals surface area contributed by atoms with Gasteiger partial charge >= 0.3 is 5.97 Å². The second kappa shape index (κ2) is 6.64. The zero-order chi connectivity index (χ0) is 17.1. The molecule has 8 heteroatoms. The minimum atomic E-state index is -1.08. The van der Waals surface area contributed by atoms with E-state index >= 15 is 0 Å². The van der Waals surface area contributed by atoms with E-state index in [1.807, 2.05) is 13.8 Å². The maximum atomic E-state index is 12.4. The molecule has 0 radical (unpaired) electrons. The molecule has 0 atom stereocenters. The first-order chi connectivity index (χ1) is 10.8. The number of carbonyl (C=O) groups excluding carboxylic acids is 1. The zero-order valence-corrected chi connectivity index (χ0v) is 13.4. The number of aliphatic carboxylic acids is 1. The van der Waals surface area contributed by atoms with Crippen molar-refractivity contribution in [3.63, 3.8) is 0 Å². The summed E-state index contributed by atoms with van der Waals surface area (Å²) in [6, 6.07) is 1.66. The molecule has 2 aromatic heterocycles. The first-order valence-corrected chi connectivity index (χ1v) is 7.34. The van der Waals surface area contributed by atoms with Crippen molar-refractivity contribution in [2.75, 3.05) is 13.1 Å². The molecule has 2 N–H and O–H groups in total. The molecule has 0 aliphatic rings. The maximum Gasteiger partial charge on any atom is 0.323 e. The van der Waals surface area contributed by atoms with Crippen molar-refractivity contribution < 1.29 is 14.7 Å². The molecule has 2 heterocycles. The minimum Gasteiger partial charge on any atom is -0.480 e. The molecular weight excluding hydrogens is 300 g/mol. The SMILES string of the molecule is Cc1nc2cc[nH]n2c(=O)c1CC(=O)N(CC(=O)O)CC(C)C. The van der Waals surface area contributed by atoms with Gasteiger partial charge in [-0.15, -0.1) is 0 Å². The van der Waals surface area contributed by atoms with Crippen LogP contribution in [0.2, 0.25) is 0 Å². The number of carbonyl (C=O) groups is 2. The third-order valence-electron chi connectivity index (χ3n) is 3.44. The van der Waals surface area contributed by atoms with Crippen molar-refractivity contribution in [3.05, 3.63) is 33.9 Å². The Bertz CT molecular complexity index is 790. The molecule has 0 saturated heterocycles. The van der Waals surface area contributed by atoms with E-state index in [2.05, 4.69) is 10.1 Å². The van der Waals surface area contributed by atoms with Gasteiger partial charge in [-0.1, -0.05) is 13.8 Å². The van der Waals surface area contributed by atoms with Gasteiger partial charge < -0.3 is 10.0 Å². The topological polar surface area (TPSA) is 108 Å². The fourth-order valence-corrected chi connectivity index (χ4v) is 2.43. The third-order valence-corrected chi connectivity index (χ3v) is 3.44. The summed E-state index contributed by atoms with van der Waals surface area (Å²) >= 11 is 0. The summed E-state index contributed by atoms with van der Waals surface area (Å²) < 4.78 is 1.26. The Morgan fingerprint density at radius 2 is 2.13 bits per heavy atom. The molecule has 2 rings (SSSR count). The van der Waals surface area contributed by atoms with Crippen LogP contribution in [0.25, 0.3) is 5.65 Å². The lowest BCUT2D eigenvalue weighted by atomic mass is 10.1. The quantitative estimate of drug-likeness (QED) is 0.803. The third kappa shape index (κ3) is 3.77. The molecule has 1 amide bonds. The number of H-pyrrole nitrogens is 1. The van der Waals surface area contributed by atoms with Gasteiger partial charge in [0.15, 0.2) is 5.65 Å². The predicted molar refractivity (Wildman–Crippen MR) is 83.3 cm³/mol. The van der Waals surface area contributed by atoms with E-state index in [4.69, 9.17) is 5.11 Å². The first-order valence-electron chi connectivity index (χ1n) is 7.34. The number of carboxylic acid groups (broad SMARTS) is 1. The van der Waals surface area contributed by atoms with E-state index < -0.39 is 11.9 Å². The monoisotopic (exact) mass is 320 g/mol. The smallest absolute Gasteiger partial charge is 0.323 e. The van der Waals surface area contributed by atoms with Crippen LogP contribution >= 0.6 is 0 Å². The van der Waals surface area contributed by atoms with Crippen LogP contribution in [-0.4, -0.2) is 49.6 Å². The molecule has 0 fully saturated rings. The molecule has 0 aliphatic carbocycles. The number of amides is 1. The van der Waals surface area contributed by atoms with Gasteiger partial charge in [-0.2, -0.15) is 0 Å². The first kappa shape index (κ1) is 16.7. The highest BCUT2D eigenvalue weighted by atomic mass is 16.4. The predicted octanol–water partition coefficient (Wildman–Crippen LogP) is 0.443. The van der Waals surface area contributed by atoms with Gasteiger partial charge in [0.2, 0.25) is 5.91 Å². The van der Waals surface area contributed by atoms with E-state index in [-0.39, 0.29) is 30.0 Å². The summed E-state index contributed by atoms with van der Waals surface area (Å²) in [5.41, 5.74) is 0.885. The van der Waals surface area contributed by atoms with Gasteiger partial charge in [-0.3, -0.25) is 19.5 Å². The van der Waals surface area contributed by atoms with Crippen molar-refractivity contribution in [3.8, 4) is 0 Å². The van der Waals surface area contributed by atoms with Crippen LogP contribution in [-0.2, 0) is 16.0 Å². The van der Waals surface area contributed by atoms with Crippen LogP contribution < -0.4 is 5.56 Å². The highest BCUT2D eigenvalue weighted by Gasteiger charge is 2.21. The molecule has 0 bridgehead atoms. The van der Waals surface area contributed by atoms with Crippen LogP contribution in [0.15, 0.2) is 17.1 Å². The van der Waals surface area contributed by atoms with E-state index in [0.29, 0.717) is 17.9 Å². The van der Waals surface area contributed by atoms with E-state index in [1.54, 1.807) is 19.2 Å². The number of hydrogen-bond acceptors (Lipinski definition) is 4. The van der Waals surface area contributed by atoms with Crippen LogP contribution in [0.4, 0.5) is 0 Å². The molecule has 0 aliphatic heterocycles. The molecule has 23 heavy (non-hydrogen) atoms. The van der Waals surface area contributed by atoms with Crippen molar-refractivity contribution >= 4 is 17.5 Å². The minimum absolute atomic E-state index is 0.129. The summed E-state index contributed by atoms with van der Waals surface area (Å²) in [4.78, 5) is 41.3. The van der Waals surface area contributed by atoms with Gasteiger partial charge in [0, 0.05) is 30.1 Å². The average Bonchev–Trinajstić information content (AvgIpc) is 2.89. The Hall–Kier alpha value is -2.64. The largest absolute Gasteiger partial charge is 0.480 e. The second-order valence-electron chi connectivity index (χ2n) is 5.88. The maximum absolute atomic E-state index is 12.4. The Labute approximate surface area is 132 Å². The number of aromatic amines is 1. The van der Waals surface area contributed by atoms with Crippen molar-refractivity contribution in [1.29, 1.82) is 0 Å². The number of rotatable bonds is 6. The standard InChI is InChI=1S/C15H20N4O4/c1-9(2)7-18(8-14(21)22)13(20)6-11-10(3)17-12-4-5-16-19(12)15(11)23/h4-5,9,16H,6-8H2,1-3H3,(H,21,22). The van der Waals surface area contributed by atoms with Crippen LogP contribution in [0.5, 0.6) is 0 Å². The van der Waals surface area contributed by atoms with Gasteiger partial charge in [0.1, 0.15) is 6.54 Å². The van der Waals surface area contributed by atoms with Gasteiger partial charge in [0.05, 0.1) is 6.42 Å². The van der Waals surface area contributed by atoms with Crippen molar-refractivity contribution in [1.82, 2.24) is 19.5 Å². The fraction of sp³-hybridized carbons (Fsp3) is 0.467. The van der Waals surface area contributed by atoms with Crippen molar-refractivity contribution in [2.45, 2.75) is 27.2 Å². The summed E-state index contributed by atoms with van der Waals surface area (Å²) in [7, 11) is 0. The van der Waals surface area contributed by atoms with E-state index in [0.717, 1.165) is 0 Å². The number of hydrogen-bond donors (Lipinski definition) is 2. The second-order valence-corrected chi connectivity index (χ2v) is 5.88. The summed E-state index contributed by atoms with van der Waals surface area (Å²) in [6.07, 6.45) is 1.42. The number of nitrogens with one attached hydrogen (secondary N) is 1. The summed E-state index contributed by atoms with van der Waals surface area (Å²) in [5.74, 6) is -1.34. The lowest BCUT2D eigenvalue weighted by Crippen LogP contribution is -2.40. The number of aryl methyl sites for hydroxylation is 1. The van der Waals surface area contributed by atoms with Crippen LogP contribution in [0.3, 0.4) is 0 Å². The lowest BCUT2D eigenvalue weighted by molar-refractivity contribution is -0.144. The number of nitrogens with zero attached hydrogens (tertiary/aromatic N) is 3. The molecule has 2 aromatic rings. The molecular formula is C15H20N4O4. The van der Waals surface area contributed by atoms with Gasteiger partial charge in [-0.05, 0) is 12.8 Å². The highest BCUT2D eigenvalue weighted by molar-refractivity contribution is 5.83. The summed E-state index contributed by atoms with van der Waals surface area (Å²) in [6.45, 7) is 5.41. The molecule has 8 nitrogen and oxygen atoms in total. The van der Waals surface area contributed by atoms with Gasteiger partial charge in [0.25, 0.3) is 5.56 Å². The van der Waals surface area contributed by atoms with Crippen molar-refractivity contribution in [2.24, 2.45) is 5.92 Å².